The Kier molecular flexibility index (Phi) is 10.6. The maximum Gasteiger partial charge on any atom is 0.191 e. The van der Waals surface area contributed by atoms with Gasteiger partial charge in [-0.3, -0.25) is 9.89 Å². The van der Waals surface area contributed by atoms with E-state index in [1.165, 1.54) is 5.56 Å². The van der Waals surface area contributed by atoms with Crippen molar-refractivity contribution in [1.29, 1.82) is 0 Å². The van der Waals surface area contributed by atoms with E-state index < -0.39 is 0 Å². The Balaban J connectivity index is 0.00000320. The van der Waals surface area contributed by atoms with Crippen molar-refractivity contribution in [3.05, 3.63) is 54.1 Å². The Bertz CT molecular complexity index is 760. The number of hydrogen-bond donors (Lipinski definition) is 2. The van der Waals surface area contributed by atoms with Gasteiger partial charge >= 0.3 is 0 Å². The summed E-state index contributed by atoms with van der Waals surface area (Å²) < 4.78 is 2.20. The minimum Gasteiger partial charge on any atom is -0.357 e. The molecule has 0 aliphatic carbocycles. The molecule has 3 rings (SSSR count). The molecule has 0 radical (unpaired) electrons. The van der Waals surface area contributed by atoms with Crippen LogP contribution >= 0.6 is 24.0 Å². The second kappa shape index (κ2) is 12.9. The van der Waals surface area contributed by atoms with Crippen molar-refractivity contribution >= 4 is 29.9 Å². The van der Waals surface area contributed by atoms with Crippen molar-refractivity contribution < 1.29 is 0 Å². The normalized spacial score (nSPS) is 19.5. The molecule has 1 aliphatic heterocycles. The van der Waals surface area contributed by atoms with E-state index in [-0.39, 0.29) is 24.0 Å². The monoisotopic (exact) mass is 524 g/mol. The maximum atomic E-state index is 4.80. The third-order valence-corrected chi connectivity index (χ3v) is 5.62. The van der Waals surface area contributed by atoms with Gasteiger partial charge < -0.3 is 15.2 Å². The van der Waals surface area contributed by atoms with Crippen LogP contribution in [0.2, 0.25) is 0 Å². The Morgan fingerprint density at radius 3 is 2.73 bits per heavy atom. The molecule has 2 heterocycles. The highest BCUT2D eigenvalue weighted by atomic mass is 127. The zero-order valence-electron chi connectivity index (χ0n) is 18.6. The topological polar surface area (TPSA) is 57.5 Å². The molecule has 0 bridgehead atoms. The summed E-state index contributed by atoms with van der Waals surface area (Å²) in [6, 6.07) is 11.8. The van der Waals surface area contributed by atoms with Crippen LogP contribution in [-0.4, -0.2) is 52.1 Å². The van der Waals surface area contributed by atoms with Crippen LogP contribution in [0.25, 0.3) is 0 Å². The number of aromatic nitrogens is 2. The van der Waals surface area contributed by atoms with Crippen LogP contribution in [-0.2, 0) is 13.1 Å². The number of aryl methyl sites for hydroxylation is 2. The van der Waals surface area contributed by atoms with Crippen molar-refractivity contribution in [2.45, 2.75) is 65.2 Å². The summed E-state index contributed by atoms with van der Waals surface area (Å²) in [7, 11) is 0. The minimum atomic E-state index is 0. The van der Waals surface area contributed by atoms with Crippen LogP contribution in [0.4, 0.5) is 0 Å². The predicted octanol–water partition coefficient (Wildman–Crippen LogP) is 3.81. The summed E-state index contributed by atoms with van der Waals surface area (Å²) in [5.41, 5.74) is 1.38. The van der Waals surface area contributed by atoms with Crippen molar-refractivity contribution in [2.24, 2.45) is 4.99 Å². The maximum absolute atomic E-state index is 4.80. The average molecular weight is 524 g/mol. The van der Waals surface area contributed by atoms with Gasteiger partial charge in [0.05, 0.1) is 0 Å². The van der Waals surface area contributed by atoms with Gasteiger partial charge in [0, 0.05) is 57.2 Å². The van der Waals surface area contributed by atoms with Gasteiger partial charge in [0.1, 0.15) is 5.82 Å². The van der Waals surface area contributed by atoms with Gasteiger partial charge in [-0.15, -0.1) is 24.0 Å². The smallest absolute Gasteiger partial charge is 0.191 e. The SMILES string of the molecule is CCNC(=NCCCCn1ccnc1C)NC1CC(C)N(Cc2ccccc2)C1.I. The largest absolute Gasteiger partial charge is 0.357 e. The van der Waals surface area contributed by atoms with E-state index in [0.717, 1.165) is 63.8 Å². The molecular formula is C23H37IN6. The quantitative estimate of drug-likeness (QED) is 0.227. The Morgan fingerprint density at radius 1 is 1.23 bits per heavy atom. The van der Waals surface area contributed by atoms with Gasteiger partial charge in [-0.25, -0.2) is 4.98 Å². The summed E-state index contributed by atoms with van der Waals surface area (Å²) in [5.74, 6) is 2.03. The molecule has 0 saturated carbocycles. The lowest BCUT2D eigenvalue weighted by Crippen LogP contribution is -2.44. The number of nitrogens with zero attached hydrogens (tertiary/aromatic N) is 4. The fraction of sp³-hybridized carbons (Fsp3) is 0.565. The zero-order valence-corrected chi connectivity index (χ0v) is 20.9. The molecule has 6 nitrogen and oxygen atoms in total. The number of aliphatic imine (C=N–C) groups is 1. The van der Waals surface area contributed by atoms with Crippen molar-refractivity contribution in [1.82, 2.24) is 25.1 Å². The lowest BCUT2D eigenvalue weighted by molar-refractivity contribution is 0.258. The number of rotatable bonds is 9. The summed E-state index contributed by atoms with van der Waals surface area (Å²) >= 11 is 0. The highest BCUT2D eigenvalue weighted by Gasteiger charge is 2.29. The first-order chi connectivity index (χ1) is 14.2. The first-order valence-corrected chi connectivity index (χ1v) is 11.0. The van der Waals surface area contributed by atoms with Crippen LogP contribution in [0, 0.1) is 6.92 Å². The van der Waals surface area contributed by atoms with E-state index in [0.29, 0.717) is 12.1 Å². The van der Waals surface area contributed by atoms with Crippen LogP contribution in [0.1, 0.15) is 44.5 Å². The van der Waals surface area contributed by atoms with Gasteiger partial charge in [-0.05, 0) is 45.6 Å². The molecule has 2 N–H and O–H groups in total. The summed E-state index contributed by atoms with van der Waals surface area (Å²) in [4.78, 5) is 11.6. The fourth-order valence-corrected chi connectivity index (χ4v) is 3.98. The number of likely N-dealkylation sites (tertiary alicyclic amines) is 1. The van der Waals surface area contributed by atoms with E-state index in [2.05, 4.69) is 76.2 Å². The first-order valence-electron chi connectivity index (χ1n) is 11.0. The molecule has 1 aromatic heterocycles. The molecule has 166 valence electrons. The Morgan fingerprint density at radius 2 is 2.03 bits per heavy atom. The molecule has 0 spiro atoms. The Hall–Kier alpha value is -1.61. The Labute approximate surface area is 198 Å². The van der Waals surface area contributed by atoms with Gasteiger partial charge in [-0.2, -0.15) is 0 Å². The molecule has 2 aromatic rings. The number of halogens is 1. The zero-order chi connectivity index (χ0) is 20.5. The van der Waals surface area contributed by atoms with E-state index in [1.54, 1.807) is 0 Å². The molecule has 0 amide bonds. The number of unbranched alkanes of at least 4 members (excludes halogenated alkanes) is 1. The molecule has 7 heteroatoms. The molecule has 1 fully saturated rings. The van der Waals surface area contributed by atoms with E-state index in [1.807, 2.05) is 12.4 Å². The first kappa shape index (κ1) is 24.7. The van der Waals surface area contributed by atoms with Crippen LogP contribution in [0.15, 0.2) is 47.7 Å². The molecule has 30 heavy (non-hydrogen) atoms. The average Bonchev–Trinajstić information content (AvgIpc) is 3.27. The van der Waals surface area contributed by atoms with Gasteiger partial charge in [0.25, 0.3) is 0 Å². The van der Waals surface area contributed by atoms with E-state index in [4.69, 9.17) is 4.99 Å². The highest BCUT2D eigenvalue weighted by Crippen LogP contribution is 2.20. The lowest BCUT2D eigenvalue weighted by Gasteiger charge is -2.21. The molecule has 2 unspecified atom stereocenters. The number of benzene rings is 1. The van der Waals surface area contributed by atoms with E-state index in [9.17, 15) is 0 Å². The lowest BCUT2D eigenvalue weighted by atomic mass is 10.2. The number of guanidine groups is 1. The third-order valence-electron chi connectivity index (χ3n) is 5.62. The summed E-state index contributed by atoms with van der Waals surface area (Å²) in [5, 5.41) is 7.07. The van der Waals surface area contributed by atoms with Crippen LogP contribution in [0.3, 0.4) is 0 Å². The van der Waals surface area contributed by atoms with Gasteiger partial charge in [0.15, 0.2) is 5.96 Å². The van der Waals surface area contributed by atoms with Crippen LogP contribution < -0.4 is 10.6 Å². The minimum absolute atomic E-state index is 0. The number of imidazole rings is 1. The van der Waals surface area contributed by atoms with Gasteiger partial charge in [-0.1, -0.05) is 30.3 Å². The molecule has 2 atom stereocenters. The summed E-state index contributed by atoms with van der Waals surface area (Å²) in [6.45, 7) is 11.3. The molecule has 1 saturated heterocycles. The standard InChI is InChI=1S/C23H36N6.HI/c1-4-24-23(26-12-8-9-14-28-15-13-25-20(28)3)27-22-16-19(2)29(18-22)17-21-10-6-5-7-11-21;/h5-7,10-11,13,15,19,22H,4,8-9,12,14,16-18H2,1-3H3,(H2,24,26,27);1H. The van der Waals surface area contributed by atoms with Crippen LogP contribution in [0.5, 0.6) is 0 Å². The predicted molar refractivity (Wildman–Crippen MR) is 135 cm³/mol. The van der Waals surface area contributed by atoms with Crippen molar-refractivity contribution in [3.63, 3.8) is 0 Å². The molecule has 1 aliphatic rings. The number of nitrogens with one attached hydrogen (secondary N) is 2. The van der Waals surface area contributed by atoms with Crippen molar-refractivity contribution in [3.8, 4) is 0 Å². The molecule has 1 aromatic carbocycles. The second-order valence-corrected chi connectivity index (χ2v) is 7.98. The summed E-state index contributed by atoms with van der Waals surface area (Å²) in [6.07, 6.45) is 7.26. The van der Waals surface area contributed by atoms with E-state index >= 15 is 0 Å². The van der Waals surface area contributed by atoms with Gasteiger partial charge in [0.2, 0.25) is 0 Å². The fourth-order valence-electron chi connectivity index (χ4n) is 3.98. The second-order valence-electron chi connectivity index (χ2n) is 7.98. The molecular weight excluding hydrogens is 487 g/mol. The highest BCUT2D eigenvalue weighted by molar-refractivity contribution is 14.0. The van der Waals surface area contributed by atoms with Crippen molar-refractivity contribution in [2.75, 3.05) is 19.6 Å². The number of hydrogen-bond acceptors (Lipinski definition) is 3. The third kappa shape index (κ3) is 7.58.